The summed E-state index contributed by atoms with van der Waals surface area (Å²) in [6, 6.07) is 0. The summed E-state index contributed by atoms with van der Waals surface area (Å²) < 4.78 is 25.4. The fraction of sp³-hybridized carbons (Fsp3) is 0.920. The predicted octanol–water partition coefficient (Wildman–Crippen LogP) is 7.16. The van der Waals surface area contributed by atoms with Crippen LogP contribution in [0, 0.1) is 40.4 Å². The third kappa shape index (κ3) is 4.03. The molecule has 0 bridgehead atoms. The van der Waals surface area contributed by atoms with Gasteiger partial charge in [0.25, 0.3) is 0 Å². The van der Waals surface area contributed by atoms with Crippen molar-refractivity contribution >= 4 is 11.4 Å². The molecule has 1 N–H and O–H groups in total. The van der Waals surface area contributed by atoms with Crippen LogP contribution in [0.1, 0.15) is 99.3 Å². The van der Waals surface area contributed by atoms with E-state index in [1.807, 2.05) is 13.8 Å². The summed E-state index contributed by atoms with van der Waals surface area (Å²) in [7, 11) is 0. The van der Waals surface area contributed by atoms with Gasteiger partial charge in [-0.2, -0.15) is 4.21 Å². The van der Waals surface area contributed by atoms with Gasteiger partial charge in [-0.3, -0.25) is 8.74 Å². The highest BCUT2D eigenvalue weighted by molar-refractivity contribution is 7.74. The predicted molar refractivity (Wildman–Crippen MR) is 122 cm³/mol. The van der Waals surface area contributed by atoms with Crippen LogP contribution >= 0.6 is 0 Å². The van der Waals surface area contributed by atoms with E-state index in [2.05, 4.69) is 33.8 Å². The summed E-state index contributed by atoms with van der Waals surface area (Å²) in [6.45, 7) is 14.0. The molecule has 3 fully saturated rings. The summed E-state index contributed by atoms with van der Waals surface area (Å²) in [6.07, 6.45) is 13.5. The molecule has 168 valence electrons. The second-order valence-corrected chi connectivity index (χ2v) is 11.2. The fourth-order valence-electron chi connectivity index (χ4n) is 8.09. The van der Waals surface area contributed by atoms with Gasteiger partial charge in [0.15, 0.2) is 0 Å². The second kappa shape index (κ2) is 9.12. The largest absolute Gasteiger partial charge is 0.302 e. The Morgan fingerprint density at radius 1 is 1.17 bits per heavy atom. The Bertz CT molecular complexity index is 632. The molecule has 0 heterocycles. The lowest BCUT2D eigenvalue weighted by atomic mass is 9.47. The van der Waals surface area contributed by atoms with Gasteiger partial charge in [-0.15, -0.1) is 0 Å². The molecule has 0 aromatic carbocycles. The maximum atomic E-state index is 11.1. The number of hydrogen-bond donors (Lipinski definition) is 1. The Labute approximate surface area is 181 Å². The van der Waals surface area contributed by atoms with Crippen LogP contribution in [0.2, 0.25) is 0 Å². The molecule has 8 unspecified atom stereocenters. The van der Waals surface area contributed by atoms with Gasteiger partial charge in [0.2, 0.25) is 0 Å². The Morgan fingerprint density at radius 2 is 1.90 bits per heavy atom. The third-order valence-electron chi connectivity index (χ3n) is 9.68. The minimum atomic E-state index is -2.14. The van der Waals surface area contributed by atoms with E-state index in [-0.39, 0.29) is 11.5 Å². The van der Waals surface area contributed by atoms with E-state index in [9.17, 15) is 4.21 Å². The van der Waals surface area contributed by atoms with Gasteiger partial charge < -0.3 is 0 Å². The average Bonchev–Trinajstić information content (AvgIpc) is 3.06. The van der Waals surface area contributed by atoms with Crippen molar-refractivity contribution in [3.8, 4) is 0 Å². The van der Waals surface area contributed by atoms with E-state index in [0.717, 1.165) is 48.9 Å². The zero-order valence-corrected chi connectivity index (χ0v) is 20.4. The summed E-state index contributed by atoms with van der Waals surface area (Å²) in [5.41, 5.74) is 2.35. The molecule has 3 nitrogen and oxygen atoms in total. The molecule has 29 heavy (non-hydrogen) atoms. The smallest absolute Gasteiger partial charge is 0.284 e. The van der Waals surface area contributed by atoms with E-state index in [1.165, 1.54) is 44.1 Å². The van der Waals surface area contributed by atoms with Crippen LogP contribution < -0.4 is 0 Å². The number of rotatable bonds is 4. The van der Waals surface area contributed by atoms with Crippen molar-refractivity contribution in [1.82, 2.24) is 0 Å². The average molecular weight is 425 g/mol. The van der Waals surface area contributed by atoms with Crippen molar-refractivity contribution in [3.05, 3.63) is 11.6 Å². The van der Waals surface area contributed by atoms with E-state index in [1.54, 1.807) is 0 Å². The lowest BCUT2D eigenvalue weighted by Gasteiger charge is -2.58. The number of fused-ring (bicyclic) bond motifs is 5. The first-order valence-corrected chi connectivity index (χ1v) is 13.3. The van der Waals surface area contributed by atoms with Crippen molar-refractivity contribution in [2.24, 2.45) is 40.4 Å². The van der Waals surface area contributed by atoms with E-state index >= 15 is 0 Å². The van der Waals surface area contributed by atoms with E-state index in [0.29, 0.717) is 5.41 Å². The van der Waals surface area contributed by atoms with Crippen LogP contribution in [0.15, 0.2) is 11.6 Å². The van der Waals surface area contributed by atoms with Crippen molar-refractivity contribution < 1.29 is 12.9 Å². The summed E-state index contributed by atoms with van der Waals surface area (Å²) in [5, 5.41) is 0. The number of allylic oxidation sites excluding steroid dienone is 1. The van der Waals surface area contributed by atoms with E-state index < -0.39 is 11.4 Å². The molecule has 4 heteroatoms. The highest BCUT2D eigenvalue weighted by Crippen LogP contribution is 2.67. The highest BCUT2D eigenvalue weighted by atomic mass is 32.2. The normalized spacial score (nSPS) is 45.6. The van der Waals surface area contributed by atoms with Gasteiger partial charge in [0.05, 0.1) is 6.10 Å². The van der Waals surface area contributed by atoms with Gasteiger partial charge in [0.1, 0.15) is 0 Å². The SMILES string of the molecule is CC.CC[C@@H](C)C1CCC2C3CC=C4CC(OS(=O)O)CCC4(C)C3CCC21C. The van der Waals surface area contributed by atoms with Crippen LogP contribution in [0.4, 0.5) is 0 Å². The van der Waals surface area contributed by atoms with Crippen molar-refractivity contribution in [1.29, 1.82) is 0 Å². The Morgan fingerprint density at radius 3 is 2.55 bits per heavy atom. The van der Waals surface area contributed by atoms with Gasteiger partial charge in [-0.1, -0.05) is 59.6 Å². The summed E-state index contributed by atoms with van der Waals surface area (Å²) in [4.78, 5) is 0. The number of hydrogen-bond acceptors (Lipinski definition) is 2. The second-order valence-electron chi connectivity index (χ2n) is 10.6. The van der Waals surface area contributed by atoms with Crippen LogP contribution in [0.25, 0.3) is 0 Å². The van der Waals surface area contributed by atoms with E-state index in [4.69, 9.17) is 8.74 Å². The van der Waals surface area contributed by atoms with Crippen LogP contribution in [-0.4, -0.2) is 14.9 Å². The first kappa shape index (κ1) is 23.5. The quantitative estimate of drug-likeness (QED) is 0.385. The molecule has 4 aliphatic rings. The lowest BCUT2D eigenvalue weighted by Crippen LogP contribution is -2.51. The first-order valence-electron chi connectivity index (χ1n) is 12.3. The fourth-order valence-corrected chi connectivity index (χ4v) is 8.48. The molecule has 4 aliphatic carbocycles. The zero-order chi connectivity index (χ0) is 21.4. The standard InChI is InChI=1S/C23H38O3S.C2H6/c1-5-15(2)19-8-9-20-18-7-6-16-14-17(26-27(24)25)10-12-22(16,3)21(18)11-13-23(19,20)4;1-2/h6,15,17-21H,5,7-14H2,1-4H3,(H,24,25);1-2H3/t15-,17?,18?,19?,20?,21?,22?,23?;/m1./s1. The maximum Gasteiger partial charge on any atom is 0.302 e. The summed E-state index contributed by atoms with van der Waals surface area (Å²) in [5.74, 6) is 4.30. The maximum absolute atomic E-state index is 11.1. The summed E-state index contributed by atoms with van der Waals surface area (Å²) >= 11 is -2.14. The minimum absolute atomic E-state index is 0.0816. The molecule has 0 aliphatic heterocycles. The third-order valence-corrected chi connectivity index (χ3v) is 10.1. The Balaban J connectivity index is 0.00000117. The molecule has 9 atom stereocenters. The molecule has 0 radical (unpaired) electrons. The van der Waals surface area contributed by atoms with Crippen molar-refractivity contribution in [2.45, 2.75) is 105 Å². The molecule has 0 aromatic heterocycles. The van der Waals surface area contributed by atoms with Crippen LogP contribution in [-0.2, 0) is 15.5 Å². The molecule has 4 rings (SSSR count). The van der Waals surface area contributed by atoms with Gasteiger partial charge in [-0.05, 0) is 91.8 Å². The van der Waals surface area contributed by atoms with Crippen LogP contribution in [0.5, 0.6) is 0 Å². The Hall–Kier alpha value is -0.190. The van der Waals surface area contributed by atoms with Gasteiger partial charge >= 0.3 is 11.4 Å². The van der Waals surface area contributed by atoms with Gasteiger partial charge in [0, 0.05) is 0 Å². The molecule has 0 saturated heterocycles. The van der Waals surface area contributed by atoms with Crippen molar-refractivity contribution in [2.75, 3.05) is 0 Å². The topological polar surface area (TPSA) is 46.5 Å². The molecule has 0 aromatic rings. The zero-order valence-electron chi connectivity index (χ0n) is 19.6. The van der Waals surface area contributed by atoms with Gasteiger partial charge in [-0.25, -0.2) is 0 Å². The van der Waals surface area contributed by atoms with Crippen LogP contribution in [0.3, 0.4) is 0 Å². The minimum Gasteiger partial charge on any atom is -0.284 e. The Kier molecular flexibility index (Phi) is 7.38. The molecule has 0 spiro atoms. The highest BCUT2D eigenvalue weighted by Gasteiger charge is 2.59. The molecular weight excluding hydrogens is 380 g/mol. The molecule has 0 amide bonds. The van der Waals surface area contributed by atoms with Crippen molar-refractivity contribution in [3.63, 3.8) is 0 Å². The molecular formula is C25H44O3S. The molecule has 3 saturated carbocycles. The monoisotopic (exact) mass is 424 g/mol. The first-order chi connectivity index (χ1) is 13.8. The lowest BCUT2D eigenvalue weighted by molar-refractivity contribution is -0.0552.